The van der Waals surface area contributed by atoms with E-state index >= 15 is 0 Å². The van der Waals surface area contributed by atoms with Gasteiger partial charge in [0.2, 0.25) is 5.78 Å². The minimum atomic E-state index is -0.815. The zero-order valence-electron chi connectivity index (χ0n) is 14.3. The summed E-state index contributed by atoms with van der Waals surface area (Å²) in [5.41, 5.74) is 5.16. The normalized spacial score (nSPS) is 11.9. The van der Waals surface area contributed by atoms with Crippen LogP contribution >= 0.6 is 0 Å². The van der Waals surface area contributed by atoms with Gasteiger partial charge in [0.15, 0.2) is 6.10 Å². The number of rotatable bonds is 4. The van der Waals surface area contributed by atoms with Crippen molar-refractivity contribution >= 4 is 11.8 Å². The Balaban J connectivity index is 2.14. The lowest BCUT2D eigenvalue weighted by molar-refractivity contribution is 0.0318. The standard InChI is InChI=1S/C20H22O3/c1-12-6-9-18(15(4)10-12)20(22)23-16(5)19(21)17-8-7-13(2)14(3)11-17/h6-11,16H,1-5H3/t16-/m0/s1. The fourth-order valence-corrected chi connectivity index (χ4v) is 2.45. The van der Waals surface area contributed by atoms with E-state index in [1.807, 2.05) is 52.0 Å². The minimum Gasteiger partial charge on any atom is -0.451 e. The molecule has 0 aliphatic heterocycles. The molecule has 1 atom stereocenters. The number of ether oxygens (including phenoxy) is 1. The summed E-state index contributed by atoms with van der Waals surface area (Å²) in [6, 6.07) is 11.0. The van der Waals surface area contributed by atoms with Gasteiger partial charge in [-0.3, -0.25) is 4.79 Å². The number of esters is 1. The number of benzene rings is 2. The second kappa shape index (κ2) is 6.78. The van der Waals surface area contributed by atoms with Gasteiger partial charge in [0.25, 0.3) is 0 Å². The number of carbonyl (C=O) groups is 2. The van der Waals surface area contributed by atoms with Crippen LogP contribution in [0.4, 0.5) is 0 Å². The molecule has 0 aliphatic rings. The molecular weight excluding hydrogens is 288 g/mol. The summed E-state index contributed by atoms with van der Waals surface area (Å²) in [6.45, 7) is 9.39. The fourth-order valence-electron chi connectivity index (χ4n) is 2.45. The largest absolute Gasteiger partial charge is 0.451 e. The number of ketones is 1. The van der Waals surface area contributed by atoms with Crippen molar-refractivity contribution in [2.45, 2.75) is 40.7 Å². The van der Waals surface area contributed by atoms with Gasteiger partial charge in [-0.2, -0.15) is 0 Å². The molecule has 0 unspecified atom stereocenters. The molecule has 0 N–H and O–H groups in total. The average Bonchev–Trinajstić information content (AvgIpc) is 2.49. The van der Waals surface area contributed by atoms with Crippen LogP contribution in [0.2, 0.25) is 0 Å². The van der Waals surface area contributed by atoms with Crippen LogP contribution in [0.3, 0.4) is 0 Å². The van der Waals surface area contributed by atoms with Crippen molar-refractivity contribution in [1.82, 2.24) is 0 Å². The van der Waals surface area contributed by atoms with Crippen molar-refractivity contribution in [2.24, 2.45) is 0 Å². The van der Waals surface area contributed by atoms with E-state index in [4.69, 9.17) is 4.74 Å². The van der Waals surface area contributed by atoms with Gasteiger partial charge >= 0.3 is 5.97 Å². The van der Waals surface area contributed by atoms with Crippen molar-refractivity contribution in [1.29, 1.82) is 0 Å². The number of aryl methyl sites for hydroxylation is 4. The van der Waals surface area contributed by atoms with Crippen molar-refractivity contribution in [3.05, 3.63) is 69.8 Å². The van der Waals surface area contributed by atoms with E-state index in [1.165, 1.54) is 0 Å². The van der Waals surface area contributed by atoms with Crippen LogP contribution in [0.25, 0.3) is 0 Å². The number of Topliss-reactive ketones (excluding diaryl/α,β-unsaturated/α-hetero) is 1. The Kier molecular flexibility index (Phi) is 4.99. The maximum atomic E-state index is 12.4. The molecule has 3 heteroatoms. The summed E-state index contributed by atoms with van der Waals surface area (Å²) in [7, 11) is 0. The van der Waals surface area contributed by atoms with E-state index in [0.717, 1.165) is 22.3 Å². The second-order valence-electron chi connectivity index (χ2n) is 6.03. The summed E-state index contributed by atoms with van der Waals surface area (Å²) in [5.74, 6) is -0.654. The van der Waals surface area contributed by atoms with Crippen molar-refractivity contribution in [2.75, 3.05) is 0 Å². The van der Waals surface area contributed by atoms with E-state index in [0.29, 0.717) is 11.1 Å². The Bertz CT molecular complexity index is 759. The molecule has 0 spiro atoms. The van der Waals surface area contributed by atoms with E-state index in [1.54, 1.807) is 19.1 Å². The molecule has 0 bridgehead atoms. The first kappa shape index (κ1) is 16.9. The SMILES string of the molecule is Cc1ccc(C(=O)O[C@@H](C)C(=O)c2ccc(C)c(C)c2)c(C)c1. The molecule has 120 valence electrons. The van der Waals surface area contributed by atoms with Crippen molar-refractivity contribution in [3.63, 3.8) is 0 Å². The lowest BCUT2D eigenvalue weighted by Gasteiger charge is -2.14. The molecule has 2 rings (SSSR count). The van der Waals surface area contributed by atoms with Crippen LogP contribution < -0.4 is 0 Å². The van der Waals surface area contributed by atoms with Crippen LogP contribution in [-0.4, -0.2) is 17.9 Å². The van der Waals surface area contributed by atoms with E-state index in [-0.39, 0.29) is 5.78 Å². The van der Waals surface area contributed by atoms with Crippen molar-refractivity contribution < 1.29 is 14.3 Å². The highest BCUT2D eigenvalue weighted by Gasteiger charge is 2.21. The van der Waals surface area contributed by atoms with E-state index in [2.05, 4.69) is 0 Å². The maximum Gasteiger partial charge on any atom is 0.339 e. The zero-order valence-corrected chi connectivity index (χ0v) is 14.3. The Morgan fingerprint density at radius 1 is 0.870 bits per heavy atom. The summed E-state index contributed by atoms with van der Waals surface area (Å²) < 4.78 is 5.35. The first-order chi connectivity index (χ1) is 10.8. The van der Waals surface area contributed by atoms with Gasteiger partial charge in [-0.15, -0.1) is 0 Å². The molecule has 0 aliphatic carbocycles. The lowest BCUT2D eigenvalue weighted by Crippen LogP contribution is -2.25. The van der Waals surface area contributed by atoms with Crippen molar-refractivity contribution in [3.8, 4) is 0 Å². The Labute approximate surface area is 137 Å². The van der Waals surface area contributed by atoms with Gasteiger partial charge in [0, 0.05) is 5.56 Å². The van der Waals surface area contributed by atoms with Gasteiger partial charge in [0.1, 0.15) is 0 Å². The summed E-state index contributed by atoms with van der Waals surface area (Å²) >= 11 is 0. The lowest BCUT2D eigenvalue weighted by atomic mass is 10.0. The molecule has 0 fully saturated rings. The fraction of sp³-hybridized carbons (Fsp3) is 0.300. The van der Waals surface area contributed by atoms with Crippen LogP contribution in [0.15, 0.2) is 36.4 Å². The van der Waals surface area contributed by atoms with Crippen LogP contribution in [0.5, 0.6) is 0 Å². The minimum absolute atomic E-state index is 0.189. The summed E-state index contributed by atoms with van der Waals surface area (Å²) in [5, 5.41) is 0. The Hall–Kier alpha value is -2.42. The van der Waals surface area contributed by atoms with Gasteiger partial charge < -0.3 is 4.74 Å². The molecule has 0 saturated heterocycles. The highest BCUT2D eigenvalue weighted by molar-refractivity contribution is 6.01. The monoisotopic (exact) mass is 310 g/mol. The first-order valence-corrected chi connectivity index (χ1v) is 7.69. The number of carbonyl (C=O) groups excluding carboxylic acids is 2. The second-order valence-corrected chi connectivity index (χ2v) is 6.03. The Morgan fingerprint density at radius 2 is 1.57 bits per heavy atom. The smallest absolute Gasteiger partial charge is 0.339 e. The molecule has 0 amide bonds. The molecule has 0 aromatic heterocycles. The van der Waals surface area contributed by atoms with Crippen LogP contribution in [0.1, 0.15) is 49.9 Å². The average molecular weight is 310 g/mol. The number of hydrogen-bond donors (Lipinski definition) is 0. The molecule has 23 heavy (non-hydrogen) atoms. The highest BCUT2D eigenvalue weighted by atomic mass is 16.5. The third-order valence-corrected chi connectivity index (χ3v) is 4.05. The van der Waals surface area contributed by atoms with Gasteiger partial charge in [0.05, 0.1) is 5.56 Å². The van der Waals surface area contributed by atoms with E-state index in [9.17, 15) is 9.59 Å². The summed E-state index contributed by atoms with van der Waals surface area (Å²) in [4.78, 5) is 24.7. The van der Waals surface area contributed by atoms with Gasteiger partial charge in [-0.1, -0.05) is 29.8 Å². The molecule has 2 aromatic carbocycles. The van der Waals surface area contributed by atoms with Crippen LogP contribution in [0, 0.1) is 27.7 Å². The molecule has 3 nitrogen and oxygen atoms in total. The third kappa shape index (κ3) is 3.86. The third-order valence-electron chi connectivity index (χ3n) is 4.05. The molecular formula is C20H22O3. The zero-order chi connectivity index (χ0) is 17.1. The highest BCUT2D eigenvalue weighted by Crippen LogP contribution is 2.16. The molecule has 2 aromatic rings. The predicted molar refractivity (Wildman–Crippen MR) is 91.0 cm³/mol. The number of hydrogen-bond acceptors (Lipinski definition) is 3. The summed E-state index contributed by atoms with van der Waals surface area (Å²) in [6.07, 6.45) is -0.815. The first-order valence-electron chi connectivity index (χ1n) is 7.69. The maximum absolute atomic E-state index is 12.4. The Morgan fingerprint density at radius 3 is 2.17 bits per heavy atom. The quantitative estimate of drug-likeness (QED) is 0.623. The predicted octanol–water partition coefficient (Wildman–Crippen LogP) is 4.35. The van der Waals surface area contributed by atoms with E-state index < -0.39 is 12.1 Å². The van der Waals surface area contributed by atoms with Gasteiger partial charge in [-0.05, 0) is 63.4 Å². The molecule has 0 heterocycles. The topological polar surface area (TPSA) is 43.4 Å². The van der Waals surface area contributed by atoms with Gasteiger partial charge in [-0.25, -0.2) is 4.79 Å². The van der Waals surface area contributed by atoms with Crippen LogP contribution in [-0.2, 0) is 4.74 Å². The molecule has 0 saturated carbocycles. The molecule has 0 radical (unpaired) electrons.